The van der Waals surface area contributed by atoms with Crippen LogP contribution in [0.15, 0.2) is 30.3 Å². The van der Waals surface area contributed by atoms with Crippen LogP contribution in [0.2, 0.25) is 0 Å². The fraction of sp³-hybridized carbons (Fsp3) is 0.652. The first kappa shape index (κ1) is 21.3. The molecule has 32 heavy (non-hydrogen) atoms. The number of amides is 2. The average Bonchev–Trinajstić information content (AvgIpc) is 2.73. The van der Waals surface area contributed by atoms with E-state index in [1.807, 2.05) is 30.3 Å². The van der Waals surface area contributed by atoms with E-state index in [4.69, 9.17) is 9.47 Å². The van der Waals surface area contributed by atoms with Gasteiger partial charge < -0.3 is 29.7 Å². The Morgan fingerprint density at radius 3 is 2.56 bits per heavy atom. The van der Waals surface area contributed by atoms with Crippen molar-refractivity contribution in [1.82, 2.24) is 10.2 Å². The summed E-state index contributed by atoms with van der Waals surface area (Å²) in [6.07, 6.45) is -0.201. The molecular formula is C23H30FN3O5. The van der Waals surface area contributed by atoms with Crippen molar-refractivity contribution >= 4 is 17.9 Å². The van der Waals surface area contributed by atoms with E-state index in [-0.39, 0.29) is 24.8 Å². The highest BCUT2D eigenvalue weighted by molar-refractivity contribution is 5.68. The number of hydrogen-bond acceptors (Lipinski definition) is 5. The number of halogens is 1. The molecule has 5 aliphatic heterocycles. The van der Waals surface area contributed by atoms with Crippen LogP contribution in [0.25, 0.3) is 0 Å². The predicted molar refractivity (Wildman–Crippen MR) is 114 cm³/mol. The number of alkyl halides is 1. The Hall–Kier alpha value is -2.55. The number of nitrogens with one attached hydrogen (secondary N) is 1. The van der Waals surface area contributed by atoms with Gasteiger partial charge in [-0.1, -0.05) is 18.2 Å². The lowest BCUT2D eigenvalue weighted by Gasteiger charge is -2.64. The lowest BCUT2D eigenvalue weighted by atomic mass is 9.63. The van der Waals surface area contributed by atoms with Gasteiger partial charge in [0.15, 0.2) is 6.30 Å². The Bertz CT molecular complexity index is 854. The van der Waals surface area contributed by atoms with E-state index in [1.54, 1.807) is 16.7 Å². The minimum Gasteiger partial charge on any atom is -0.465 e. The third kappa shape index (κ3) is 3.46. The second-order valence-electron chi connectivity index (χ2n) is 9.37. The van der Waals surface area contributed by atoms with Crippen molar-refractivity contribution in [1.29, 1.82) is 0 Å². The molecule has 0 spiro atoms. The molecule has 6 rings (SSSR count). The number of carboxylic acid groups (broad SMARTS) is 1. The van der Waals surface area contributed by atoms with Crippen LogP contribution in [0.4, 0.5) is 19.7 Å². The molecule has 174 valence electrons. The van der Waals surface area contributed by atoms with Gasteiger partial charge in [-0.3, -0.25) is 0 Å². The smallest absolute Gasteiger partial charge is 0.407 e. The van der Waals surface area contributed by atoms with Crippen molar-refractivity contribution in [2.75, 3.05) is 18.1 Å². The minimum atomic E-state index is -1.38. The Kier molecular flexibility index (Phi) is 5.39. The second-order valence-corrected chi connectivity index (χ2v) is 9.37. The lowest BCUT2D eigenvalue weighted by Crippen LogP contribution is -2.74. The quantitative estimate of drug-likeness (QED) is 0.688. The summed E-state index contributed by atoms with van der Waals surface area (Å²) in [6.45, 7) is 2.42. The van der Waals surface area contributed by atoms with Crippen molar-refractivity contribution < 1.29 is 28.6 Å². The van der Waals surface area contributed by atoms with Crippen molar-refractivity contribution in [2.24, 2.45) is 5.92 Å². The SMILES string of the molecule is CCOC(=O)NC1CCN(c2ccccc2)C(F)C1C12CC3CC(CC(C1)N3C(=O)O)O2. The number of hydrogen-bond donors (Lipinski definition) is 2. The monoisotopic (exact) mass is 447 g/mol. The van der Waals surface area contributed by atoms with Gasteiger partial charge in [-0.2, -0.15) is 0 Å². The number of alkyl carbamates (subject to hydrolysis) is 1. The first-order chi connectivity index (χ1) is 15.4. The highest BCUT2D eigenvalue weighted by Crippen LogP contribution is 2.54. The number of ether oxygens (including phenoxy) is 2. The maximum Gasteiger partial charge on any atom is 0.407 e. The van der Waals surface area contributed by atoms with Crippen LogP contribution < -0.4 is 10.2 Å². The zero-order valence-corrected chi connectivity index (χ0v) is 18.2. The van der Waals surface area contributed by atoms with Crippen molar-refractivity contribution in [3.63, 3.8) is 0 Å². The topological polar surface area (TPSA) is 91.3 Å². The van der Waals surface area contributed by atoms with Gasteiger partial charge in [-0.15, -0.1) is 0 Å². The Morgan fingerprint density at radius 2 is 1.94 bits per heavy atom. The van der Waals surface area contributed by atoms with E-state index in [1.165, 1.54) is 0 Å². The standard InChI is InChI=1S/C23H30FN3O5/c1-2-31-21(28)25-18-8-9-26(14-6-4-3-5-7-14)20(24)19(18)23-12-15-10-17(32-23)11-16(13-23)27(15)22(29)30/h3-7,15-20H,2,8-13H2,1H3,(H,25,28)(H,29,30). The molecule has 8 nitrogen and oxygen atoms in total. The van der Waals surface area contributed by atoms with Gasteiger partial charge in [0.1, 0.15) is 0 Å². The van der Waals surface area contributed by atoms with E-state index in [0.717, 1.165) is 5.69 Å². The summed E-state index contributed by atoms with van der Waals surface area (Å²) in [5, 5.41) is 12.6. The molecule has 1 aromatic rings. The largest absolute Gasteiger partial charge is 0.465 e. The Labute approximate surface area is 186 Å². The first-order valence-corrected chi connectivity index (χ1v) is 11.5. The highest BCUT2D eigenvalue weighted by Gasteiger charge is 2.63. The van der Waals surface area contributed by atoms with Gasteiger partial charge in [0.2, 0.25) is 0 Å². The molecule has 1 aromatic carbocycles. The van der Waals surface area contributed by atoms with E-state index < -0.39 is 36.0 Å². The first-order valence-electron chi connectivity index (χ1n) is 11.5. The molecule has 2 N–H and O–H groups in total. The molecule has 0 saturated carbocycles. The summed E-state index contributed by atoms with van der Waals surface area (Å²) in [7, 11) is 0. The molecule has 5 fully saturated rings. The van der Waals surface area contributed by atoms with Gasteiger partial charge in [-0.05, 0) is 51.2 Å². The van der Waals surface area contributed by atoms with Crippen molar-refractivity contribution in [3.8, 4) is 0 Å². The molecule has 0 aromatic heterocycles. The van der Waals surface area contributed by atoms with Crippen LogP contribution >= 0.6 is 0 Å². The molecule has 0 radical (unpaired) electrons. The number of para-hydroxylation sites is 1. The fourth-order valence-corrected chi connectivity index (χ4v) is 6.62. The summed E-state index contributed by atoms with van der Waals surface area (Å²) in [6, 6.07) is 8.61. The normalized spacial score (nSPS) is 37.9. The van der Waals surface area contributed by atoms with Crippen LogP contribution in [-0.4, -0.2) is 71.5 Å². The zero-order chi connectivity index (χ0) is 22.5. The van der Waals surface area contributed by atoms with Crippen LogP contribution in [0, 0.1) is 5.92 Å². The third-order valence-corrected chi connectivity index (χ3v) is 7.62. The number of piperidine rings is 3. The van der Waals surface area contributed by atoms with E-state index in [0.29, 0.717) is 38.6 Å². The summed E-state index contributed by atoms with van der Waals surface area (Å²) in [4.78, 5) is 27.5. The number of rotatable bonds is 4. The van der Waals surface area contributed by atoms with Crippen molar-refractivity contribution in [2.45, 2.75) is 75.2 Å². The Balaban J connectivity index is 1.48. The molecule has 5 heterocycles. The van der Waals surface area contributed by atoms with E-state index >= 15 is 4.39 Å². The van der Waals surface area contributed by atoms with Crippen LogP contribution in [0.5, 0.6) is 0 Å². The van der Waals surface area contributed by atoms with Crippen LogP contribution in [0.1, 0.15) is 39.0 Å². The number of nitrogens with zero attached hydrogens (tertiary/aromatic N) is 2. The number of carbonyl (C=O) groups is 2. The van der Waals surface area contributed by atoms with Crippen LogP contribution in [0.3, 0.4) is 0 Å². The van der Waals surface area contributed by atoms with Gasteiger partial charge in [0, 0.05) is 30.4 Å². The summed E-state index contributed by atoms with van der Waals surface area (Å²) in [5.74, 6) is -0.634. The summed E-state index contributed by atoms with van der Waals surface area (Å²) < 4.78 is 28.0. The van der Waals surface area contributed by atoms with Crippen molar-refractivity contribution in [3.05, 3.63) is 30.3 Å². The Morgan fingerprint density at radius 1 is 1.25 bits per heavy atom. The fourth-order valence-electron chi connectivity index (χ4n) is 6.62. The average molecular weight is 448 g/mol. The maximum atomic E-state index is 16.4. The molecule has 9 heteroatoms. The molecule has 5 atom stereocenters. The maximum absolute atomic E-state index is 16.4. The van der Waals surface area contributed by atoms with Gasteiger partial charge >= 0.3 is 12.2 Å². The molecule has 2 amide bonds. The van der Waals surface area contributed by atoms with Crippen LogP contribution in [-0.2, 0) is 9.47 Å². The molecule has 5 saturated heterocycles. The minimum absolute atomic E-state index is 0.0781. The van der Waals surface area contributed by atoms with Gasteiger partial charge in [0.25, 0.3) is 0 Å². The zero-order valence-electron chi connectivity index (χ0n) is 18.2. The molecule has 4 bridgehead atoms. The van der Waals surface area contributed by atoms with E-state index in [2.05, 4.69) is 5.32 Å². The third-order valence-electron chi connectivity index (χ3n) is 7.62. The number of anilines is 1. The van der Waals surface area contributed by atoms with E-state index in [9.17, 15) is 14.7 Å². The van der Waals surface area contributed by atoms with Gasteiger partial charge in [-0.25, -0.2) is 14.0 Å². The number of benzene rings is 1. The highest BCUT2D eigenvalue weighted by atomic mass is 19.1. The summed E-state index contributed by atoms with van der Waals surface area (Å²) in [5.41, 5.74) is -0.0316. The van der Waals surface area contributed by atoms with Gasteiger partial charge in [0.05, 0.1) is 24.2 Å². The molecule has 0 aliphatic carbocycles. The molecular weight excluding hydrogens is 417 g/mol. The summed E-state index contributed by atoms with van der Waals surface area (Å²) >= 11 is 0. The lowest BCUT2D eigenvalue weighted by molar-refractivity contribution is -0.263. The second kappa shape index (κ2) is 8.10. The molecule has 5 unspecified atom stereocenters. The number of carbonyl (C=O) groups excluding carboxylic acids is 1. The molecule has 5 aliphatic rings. The predicted octanol–water partition coefficient (Wildman–Crippen LogP) is 3.37.